The standard InChI is InChI=1S/C22H30N2O2/c1-17-9-11-24(12-10-17)16-19-5-3-18(4-6-19)14-23-15-20-7-8-22(26-2)21(25)13-20/h3-8,13,17,23,25H,9-12,14-16H2,1-2H3. The van der Waals surface area contributed by atoms with Crippen molar-refractivity contribution >= 4 is 0 Å². The Morgan fingerprint density at radius 3 is 2.27 bits per heavy atom. The zero-order chi connectivity index (χ0) is 18.4. The van der Waals surface area contributed by atoms with Crippen LogP contribution in [-0.2, 0) is 19.6 Å². The molecule has 0 aromatic heterocycles. The quantitative estimate of drug-likeness (QED) is 0.791. The van der Waals surface area contributed by atoms with Crippen LogP contribution in [-0.4, -0.2) is 30.2 Å². The number of nitrogens with zero attached hydrogens (tertiary/aromatic N) is 1. The fourth-order valence-corrected chi connectivity index (χ4v) is 3.44. The highest BCUT2D eigenvalue weighted by Gasteiger charge is 2.15. The fourth-order valence-electron chi connectivity index (χ4n) is 3.44. The van der Waals surface area contributed by atoms with Crippen molar-refractivity contribution in [3.63, 3.8) is 0 Å². The molecule has 26 heavy (non-hydrogen) atoms. The normalized spacial score (nSPS) is 15.9. The zero-order valence-electron chi connectivity index (χ0n) is 15.9. The van der Waals surface area contributed by atoms with Gasteiger partial charge < -0.3 is 15.2 Å². The molecule has 1 fully saturated rings. The summed E-state index contributed by atoms with van der Waals surface area (Å²) in [6, 6.07) is 14.4. The summed E-state index contributed by atoms with van der Waals surface area (Å²) >= 11 is 0. The summed E-state index contributed by atoms with van der Waals surface area (Å²) in [6.07, 6.45) is 2.64. The second-order valence-electron chi connectivity index (χ2n) is 7.38. The van der Waals surface area contributed by atoms with E-state index in [1.807, 2.05) is 6.07 Å². The van der Waals surface area contributed by atoms with Crippen LogP contribution in [0.3, 0.4) is 0 Å². The minimum Gasteiger partial charge on any atom is -0.504 e. The lowest BCUT2D eigenvalue weighted by atomic mass is 9.99. The van der Waals surface area contributed by atoms with E-state index >= 15 is 0 Å². The number of benzene rings is 2. The lowest BCUT2D eigenvalue weighted by molar-refractivity contribution is 0.185. The molecule has 0 spiro atoms. The third-order valence-electron chi connectivity index (χ3n) is 5.21. The number of likely N-dealkylation sites (tertiary alicyclic amines) is 1. The molecule has 0 aliphatic carbocycles. The minimum absolute atomic E-state index is 0.184. The van der Waals surface area contributed by atoms with Gasteiger partial charge in [-0.2, -0.15) is 0 Å². The third kappa shape index (κ3) is 5.23. The molecule has 4 nitrogen and oxygen atoms in total. The van der Waals surface area contributed by atoms with Gasteiger partial charge in [0.15, 0.2) is 11.5 Å². The summed E-state index contributed by atoms with van der Waals surface area (Å²) in [5.74, 6) is 1.57. The van der Waals surface area contributed by atoms with Gasteiger partial charge >= 0.3 is 0 Å². The van der Waals surface area contributed by atoms with Crippen molar-refractivity contribution in [3.8, 4) is 11.5 Å². The molecular weight excluding hydrogens is 324 g/mol. The van der Waals surface area contributed by atoms with Crippen molar-refractivity contribution in [1.29, 1.82) is 0 Å². The highest BCUT2D eigenvalue weighted by atomic mass is 16.5. The summed E-state index contributed by atoms with van der Waals surface area (Å²) < 4.78 is 5.07. The number of rotatable bonds is 7. The van der Waals surface area contributed by atoms with E-state index in [4.69, 9.17) is 4.74 Å². The molecule has 4 heteroatoms. The molecule has 1 heterocycles. The van der Waals surface area contributed by atoms with E-state index in [0.717, 1.165) is 24.6 Å². The van der Waals surface area contributed by atoms with Gasteiger partial charge in [-0.15, -0.1) is 0 Å². The molecule has 0 saturated carbocycles. The first-order valence-corrected chi connectivity index (χ1v) is 9.51. The molecule has 0 radical (unpaired) electrons. The van der Waals surface area contributed by atoms with E-state index in [-0.39, 0.29) is 5.75 Å². The second-order valence-corrected chi connectivity index (χ2v) is 7.38. The van der Waals surface area contributed by atoms with Gasteiger partial charge in [0, 0.05) is 19.6 Å². The monoisotopic (exact) mass is 354 g/mol. The van der Waals surface area contributed by atoms with Crippen molar-refractivity contribution < 1.29 is 9.84 Å². The summed E-state index contributed by atoms with van der Waals surface area (Å²) in [4.78, 5) is 2.56. The van der Waals surface area contributed by atoms with Crippen LogP contribution in [0, 0.1) is 5.92 Å². The maximum Gasteiger partial charge on any atom is 0.160 e. The number of nitrogens with one attached hydrogen (secondary N) is 1. The number of piperidine rings is 1. The molecule has 1 aliphatic heterocycles. The van der Waals surface area contributed by atoms with Crippen LogP contribution < -0.4 is 10.1 Å². The number of hydrogen-bond donors (Lipinski definition) is 2. The van der Waals surface area contributed by atoms with Crippen LogP contribution in [0.4, 0.5) is 0 Å². The molecule has 3 rings (SSSR count). The fraction of sp³-hybridized carbons (Fsp3) is 0.455. The van der Waals surface area contributed by atoms with Gasteiger partial charge in [-0.1, -0.05) is 37.3 Å². The molecule has 2 aromatic carbocycles. The molecule has 0 amide bonds. The Morgan fingerprint density at radius 1 is 1.00 bits per heavy atom. The predicted molar refractivity (Wildman–Crippen MR) is 105 cm³/mol. The van der Waals surface area contributed by atoms with E-state index in [9.17, 15) is 5.11 Å². The SMILES string of the molecule is COc1ccc(CNCc2ccc(CN3CCC(C)CC3)cc2)cc1O. The van der Waals surface area contributed by atoms with Gasteiger partial charge in [0.25, 0.3) is 0 Å². The van der Waals surface area contributed by atoms with Crippen molar-refractivity contribution in [2.75, 3.05) is 20.2 Å². The number of hydrogen-bond acceptors (Lipinski definition) is 4. The van der Waals surface area contributed by atoms with Crippen LogP contribution in [0.5, 0.6) is 11.5 Å². The molecule has 0 unspecified atom stereocenters. The number of phenolic OH excluding ortho intramolecular Hbond substituents is 1. The largest absolute Gasteiger partial charge is 0.504 e. The van der Waals surface area contributed by atoms with Crippen molar-refractivity contribution in [2.45, 2.75) is 39.4 Å². The van der Waals surface area contributed by atoms with Crippen LogP contribution in [0.15, 0.2) is 42.5 Å². The molecule has 2 N–H and O–H groups in total. The average molecular weight is 354 g/mol. The predicted octanol–water partition coefficient (Wildman–Crippen LogP) is 3.92. The van der Waals surface area contributed by atoms with Crippen molar-refractivity contribution in [3.05, 3.63) is 59.2 Å². The molecule has 0 bridgehead atoms. The number of methoxy groups -OCH3 is 1. The number of phenols is 1. The van der Waals surface area contributed by atoms with Crippen LogP contribution in [0.25, 0.3) is 0 Å². The van der Waals surface area contributed by atoms with E-state index in [2.05, 4.69) is 41.4 Å². The third-order valence-corrected chi connectivity index (χ3v) is 5.21. The lowest BCUT2D eigenvalue weighted by Gasteiger charge is -2.30. The van der Waals surface area contributed by atoms with Gasteiger partial charge in [-0.3, -0.25) is 4.90 Å². The van der Waals surface area contributed by atoms with E-state index in [1.165, 1.54) is 37.1 Å². The Bertz CT molecular complexity index is 692. The second kappa shape index (κ2) is 9.06. The van der Waals surface area contributed by atoms with E-state index in [1.54, 1.807) is 19.2 Å². The van der Waals surface area contributed by atoms with Gasteiger partial charge in [-0.05, 0) is 60.7 Å². The smallest absolute Gasteiger partial charge is 0.160 e. The summed E-state index contributed by atoms with van der Waals surface area (Å²) in [5, 5.41) is 13.3. The molecule has 1 saturated heterocycles. The maximum absolute atomic E-state index is 9.83. The first-order valence-electron chi connectivity index (χ1n) is 9.51. The average Bonchev–Trinajstić information content (AvgIpc) is 2.65. The first kappa shape index (κ1) is 18.7. The Morgan fingerprint density at radius 2 is 1.62 bits per heavy atom. The van der Waals surface area contributed by atoms with E-state index in [0.29, 0.717) is 12.3 Å². The van der Waals surface area contributed by atoms with Crippen molar-refractivity contribution in [2.24, 2.45) is 5.92 Å². The van der Waals surface area contributed by atoms with Crippen LogP contribution in [0.2, 0.25) is 0 Å². The Balaban J connectivity index is 1.45. The van der Waals surface area contributed by atoms with E-state index < -0.39 is 0 Å². The Kier molecular flexibility index (Phi) is 6.53. The van der Waals surface area contributed by atoms with Crippen LogP contribution >= 0.6 is 0 Å². The zero-order valence-corrected chi connectivity index (χ0v) is 15.9. The molecule has 1 aliphatic rings. The molecule has 0 atom stereocenters. The summed E-state index contributed by atoms with van der Waals surface area (Å²) in [7, 11) is 1.56. The minimum atomic E-state index is 0.184. The summed E-state index contributed by atoms with van der Waals surface area (Å²) in [6.45, 7) is 7.38. The van der Waals surface area contributed by atoms with Gasteiger partial charge in [0.05, 0.1) is 7.11 Å². The highest BCUT2D eigenvalue weighted by molar-refractivity contribution is 5.41. The highest BCUT2D eigenvalue weighted by Crippen LogP contribution is 2.26. The molecule has 2 aromatic rings. The van der Waals surface area contributed by atoms with Crippen LogP contribution in [0.1, 0.15) is 36.5 Å². The first-order chi connectivity index (χ1) is 12.6. The lowest BCUT2D eigenvalue weighted by Crippen LogP contribution is -2.32. The van der Waals surface area contributed by atoms with Crippen molar-refractivity contribution in [1.82, 2.24) is 10.2 Å². The Labute approximate surface area is 156 Å². The van der Waals surface area contributed by atoms with Gasteiger partial charge in [0.2, 0.25) is 0 Å². The molecule has 140 valence electrons. The number of aromatic hydroxyl groups is 1. The van der Waals surface area contributed by atoms with Gasteiger partial charge in [-0.25, -0.2) is 0 Å². The maximum atomic E-state index is 9.83. The topological polar surface area (TPSA) is 44.7 Å². The Hall–Kier alpha value is -2.04. The van der Waals surface area contributed by atoms with Gasteiger partial charge in [0.1, 0.15) is 0 Å². The molecular formula is C22H30N2O2. The summed E-state index contributed by atoms with van der Waals surface area (Å²) in [5.41, 5.74) is 3.71. The number of ether oxygens (including phenoxy) is 1.